The molecule has 1 rings (SSSR count). The maximum absolute atomic E-state index is 10.7. The van der Waals surface area contributed by atoms with Gasteiger partial charge in [-0.05, 0) is 0 Å². The van der Waals surface area contributed by atoms with Crippen LogP contribution >= 0.6 is 28.3 Å². The van der Waals surface area contributed by atoms with E-state index >= 15 is 0 Å². The van der Waals surface area contributed by atoms with Crippen LogP contribution < -0.4 is 5.32 Å². The van der Waals surface area contributed by atoms with Gasteiger partial charge in [-0.3, -0.25) is 4.79 Å². The molecule has 0 aliphatic carbocycles. The van der Waals surface area contributed by atoms with E-state index in [4.69, 9.17) is 0 Å². The number of carbonyl (C=O) groups is 1. The van der Waals surface area contributed by atoms with Gasteiger partial charge in [0, 0.05) is 18.0 Å². The Morgan fingerprint density at radius 1 is 1.82 bits per heavy atom. The number of carbonyl (C=O) groups excluding carboxylic acids is 1. The first-order chi connectivity index (χ1) is 4.83. The minimum Gasteiger partial charge on any atom is -0.302 e. The highest BCUT2D eigenvalue weighted by Crippen LogP contribution is 2.09. The van der Waals surface area contributed by atoms with Gasteiger partial charge >= 0.3 is 0 Å². The summed E-state index contributed by atoms with van der Waals surface area (Å²) < 4.78 is 0. The highest BCUT2D eigenvalue weighted by molar-refractivity contribution is 8.93. The van der Waals surface area contributed by atoms with Crippen molar-refractivity contribution >= 4 is 39.4 Å². The summed E-state index contributed by atoms with van der Waals surface area (Å²) in [4.78, 5) is 14.6. The van der Waals surface area contributed by atoms with Gasteiger partial charge in [0.25, 0.3) is 0 Å². The first kappa shape index (κ1) is 10.6. The monoisotopic (exact) mass is 236 g/mol. The van der Waals surface area contributed by atoms with Crippen molar-refractivity contribution in [2.24, 2.45) is 0 Å². The van der Waals surface area contributed by atoms with Gasteiger partial charge < -0.3 is 5.32 Å². The third-order valence-electron chi connectivity index (χ3n) is 1.000. The zero-order chi connectivity index (χ0) is 7.40. The van der Waals surface area contributed by atoms with Crippen LogP contribution in [0.1, 0.15) is 13.3 Å². The van der Waals surface area contributed by atoms with Crippen LogP contribution in [0.2, 0.25) is 0 Å². The molecule has 0 fully saturated rings. The number of nitrogens with zero attached hydrogens (tertiary/aromatic N) is 1. The lowest BCUT2D eigenvalue weighted by Crippen LogP contribution is -2.08. The van der Waals surface area contributed by atoms with Gasteiger partial charge in [0.15, 0.2) is 5.13 Å². The zero-order valence-corrected chi connectivity index (χ0v) is 8.56. The number of thiazole rings is 1. The summed E-state index contributed by atoms with van der Waals surface area (Å²) in [6, 6.07) is 0. The number of amides is 1. The van der Waals surface area contributed by atoms with Crippen LogP contribution in [-0.2, 0) is 4.79 Å². The van der Waals surface area contributed by atoms with Gasteiger partial charge in [-0.25, -0.2) is 4.98 Å². The van der Waals surface area contributed by atoms with Gasteiger partial charge in [-0.2, -0.15) is 0 Å². The van der Waals surface area contributed by atoms with Crippen molar-refractivity contribution in [2.75, 3.05) is 5.32 Å². The molecule has 1 N–H and O–H groups in total. The summed E-state index contributed by atoms with van der Waals surface area (Å²) in [6.45, 7) is 1.81. The molecule has 0 saturated heterocycles. The second-order valence-electron chi connectivity index (χ2n) is 1.74. The molecule has 0 atom stereocenters. The van der Waals surface area contributed by atoms with Crippen LogP contribution in [0.15, 0.2) is 11.6 Å². The van der Waals surface area contributed by atoms with Crippen molar-refractivity contribution < 1.29 is 4.79 Å². The average molecular weight is 237 g/mol. The van der Waals surface area contributed by atoms with Crippen LogP contribution in [0.4, 0.5) is 5.13 Å². The van der Waals surface area contributed by atoms with Crippen LogP contribution in [0.5, 0.6) is 0 Å². The molecule has 62 valence electrons. The third kappa shape index (κ3) is 3.48. The molecule has 0 unspecified atom stereocenters. The first-order valence-corrected chi connectivity index (χ1v) is 3.90. The lowest BCUT2D eigenvalue weighted by atomic mass is 10.5. The molecular formula is C6H9BrN2OS. The highest BCUT2D eigenvalue weighted by atomic mass is 79.9. The minimum atomic E-state index is 0. The standard InChI is InChI=1S/C6H8N2OS.BrH/c1-2-5(9)8-6-7-3-4-10-6;/h3-4H,2H2,1H3,(H,7,8,9);1H. The highest BCUT2D eigenvalue weighted by Gasteiger charge is 1.98. The van der Waals surface area contributed by atoms with Crippen LogP contribution in [0.25, 0.3) is 0 Å². The van der Waals surface area contributed by atoms with Crippen molar-refractivity contribution in [3.8, 4) is 0 Å². The largest absolute Gasteiger partial charge is 0.302 e. The number of halogens is 1. The molecular weight excluding hydrogens is 228 g/mol. The number of anilines is 1. The van der Waals surface area contributed by atoms with Gasteiger partial charge in [-0.15, -0.1) is 28.3 Å². The Labute approximate surface area is 79.6 Å². The molecule has 0 spiro atoms. The molecule has 0 aromatic carbocycles. The number of hydrogen-bond acceptors (Lipinski definition) is 3. The molecule has 1 aromatic heterocycles. The smallest absolute Gasteiger partial charge is 0.225 e. The van der Waals surface area contributed by atoms with Gasteiger partial charge in [0.05, 0.1) is 0 Å². The van der Waals surface area contributed by atoms with E-state index < -0.39 is 0 Å². The fourth-order valence-corrected chi connectivity index (χ4v) is 1.04. The summed E-state index contributed by atoms with van der Waals surface area (Å²) in [7, 11) is 0. The van der Waals surface area contributed by atoms with E-state index in [2.05, 4.69) is 10.3 Å². The first-order valence-electron chi connectivity index (χ1n) is 3.02. The fraction of sp³-hybridized carbons (Fsp3) is 0.333. The Morgan fingerprint density at radius 3 is 3.00 bits per heavy atom. The van der Waals surface area contributed by atoms with Crippen molar-refractivity contribution in [1.82, 2.24) is 4.98 Å². The SMILES string of the molecule is Br.CCC(=O)Nc1nccs1. The van der Waals surface area contributed by atoms with E-state index in [1.54, 1.807) is 6.20 Å². The number of hydrogen-bond donors (Lipinski definition) is 1. The second-order valence-corrected chi connectivity index (χ2v) is 2.63. The van der Waals surface area contributed by atoms with Crippen LogP contribution in [0, 0.1) is 0 Å². The number of aromatic nitrogens is 1. The predicted molar refractivity (Wildman–Crippen MR) is 51.4 cm³/mol. The second kappa shape index (κ2) is 5.26. The molecule has 5 heteroatoms. The summed E-state index contributed by atoms with van der Waals surface area (Å²) >= 11 is 1.42. The van der Waals surface area contributed by atoms with E-state index in [9.17, 15) is 4.79 Å². The molecule has 11 heavy (non-hydrogen) atoms. The third-order valence-corrected chi connectivity index (χ3v) is 1.69. The Bertz CT molecular complexity index is 212. The Morgan fingerprint density at radius 2 is 2.55 bits per heavy atom. The lowest BCUT2D eigenvalue weighted by molar-refractivity contribution is -0.115. The van der Waals surface area contributed by atoms with Crippen LogP contribution in [-0.4, -0.2) is 10.9 Å². The van der Waals surface area contributed by atoms with Crippen LogP contribution in [0.3, 0.4) is 0 Å². The van der Waals surface area contributed by atoms with E-state index in [1.807, 2.05) is 12.3 Å². The van der Waals surface area contributed by atoms with Crippen molar-refractivity contribution in [3.05, 3.63) is 11.6 Å². The summed E-state index contributed by atoms with van der Waals surface area (Å²) in [5, 5.41) is 5.14. The van der Waals surface area contributed by atoms with E-state index in [0.717, 1.165) is 0 Å². The fourth-order valence-electron chi connectivity index (χ4n) is 0.493. The normalized spacial score (nSPS) is 8.45. The molecule has 1 amide bonds. The summed E-state index contributed by atoms with van der Waals surface area (Å²) in [6.07, 6.45) is 2.16. The molecule has 0 saturated carbocycles. The van der Waals surface area contributed by atoms with E-state index in [1.165, 1.54) is 11.3 Å². The molecule has 0 bridgehead atoms. The maximum atomic E-state index is 10.7. The van der Waals surface area contributed by atoms with Gasteiger partial charge in [-0.1, -0.05) is 6.92 Å². The number of rotatable bonds is 2. The molecule has 1 aromatic rings. The Balaban J connectivity index is 0.000001000. The molecule has 0 radical (unpaired) electrons. The number of nitrogens with one attached hydrogen (secondary N) is 1. The van der Waals surface area contributed by atoms with E-state index in [0.29, 0.717) is 11.6 Å². The summed E-state index contributed by atoms with van der Waals surface area (Å²) in [5.41, 5.74) is 0. The van der Waals surface area contributed by atoms with Crippen molar-refractivity contribution in [3.63, 3.8) is 0 Å². The van der Waals surface area contributed by atoms with Gasteiger partial charge in [0.1, 0.15) is 0 Å². The van der Waals surface area contributed by atoms with E-state index in [-0.39, 0.29) is 22.9 Å². The molecule has 1 heterocycles. The van der Waals surface area contributed by atoms with Crippen molar-refractivity contribution in [2.45, 2.75) is 13.3 Å². The molecule has 3 nitrogen and oxygen atoms in total. The minimum absolute atomic E-state index is 0. The Hall–Kier alpha value is -0.420. The average Bonchev–Trinajstić information content (AvgIpc) is 2.40. The van der Waals surface area contributed by atoms with Gasteiger partial charge in [0.2, 0.25) is 5.91 Å². The molecule has 0 aliphatic rings. The topological polar surface area (TPSA) is 42.0 Å². The molecule has 0 aliphatic heterocycles. The lowest BCUT2D eigenvalue weighted by Gasteiger charge is -1.94. The maximum Gasteiger partial charge on any atom is 0.225 e. The van der Waals surface area contributed by atoms with Crippen molar-refractivity contribution in [1.29, 1.82) is 0 Å². The predicted octanol–water partition coefficient (Wildman–Crippen LogP) is 2.07. The summed E-state index contributed by atoms with van der Waals surface area (Å²) in [5.74, 6) is 0.00921. The Kier molecular flexibility index (Phi) is 5.06. The quantitative estimate of drug-likeness (QED) is 0.855. The zero-order valence-electron chi connectivity index (χ0n) is 6.03.